The number of rotatable bonds is 4. The van der Waals surface area contributed by atoms with E-state index < -0.39 is 5.60 Å². The first-order chi connectivity index (χ1) is 9.50. The van der Waals surface area contributed by atoms with Crippen LogP contribution in [0.15, 0.2) is 0 Å². The lowest BCUT2D eigenvalue weighted by atomic mass is 9.91. The number of hydrogen-bond donors (Lipinski definition) is 3. The van der Waals surface area contributed by atoms with Gasteiger partial charge in [-0.3, -0.25) is 9.69 Å². The molecule has 0 saturated carbocycles. The molecular weight excluding hydrogens is 258 g/mol. The van der Waals surface area contributed by atoms with E-state index in [2.05, 4.69) is 15.5 Å². The molecule has 0 radical (unpaired) electrons. The Kier molecular flexibility index (Phi) is 5.37. The third kappa shape index (κ3) is 4.15. The molecule has 2 saturated heterocycles. The fourth-order valence-corrected chi connectivity index (χ4v) is 2.88. The highest BCUT2D eigenvalue weighted by Gasteiger charge is 2.37. The van der Waals surface area contributed by atoms with Crippen molar-refractivity contribution >= 4 is 5.91 Å². The topological polar surface area (TPSA) is 73.8 Å². The largest absolute Gasteiger partial charge is 0.388 e. The quantitative estimate of drug-likeness (QED) is 0.639. The molecule has 2 aliphatic heterocycles. The van der Waals surface area contributed by atoms with Gasteiger partial charge < -0.3 is 20.5 Å². The first-order valence-corrected chi connectivity index (χ1v) is 7.55. The minimum absolute atomic E-state index is 0.00256. The van der Waals surface area contributed by atoms with Gasteiger partial charge in [0.1, 0.15) is 6.04 Å². The van der Waals surface area contributed by atoms with Crippen LogP contribution in [0.4, 0.5) is 0 Å². The molecule has 2 rings (SSSR count). The summed E-state index contributed by atoms with van der Waals surface area (Å²) in [4.78, 5) is 14.3. The molecule has 3 N–H and O–H groups in total. The van der Waals surface area contributed by atoms with Crippen LogP contribution in [0.1, 0.15) is 26.7 Å². The van der Waals surface area contributed by atoms with Gasteiger partial charge in [0.25, 0.3) is 0 Å². The molecule has 0 bridgehead atoms. The van der Waals surface area contributed by atoms with E-state index in [-0.39, 0.29) is 18.0 Å². The number of nitrogens with one attached hydrogen (secondary N) is 2. The smallest absolute Gasteiger partial charge is 0.239 e. The van der Waals surface area contributed by atoms with Crippen molar-refractivity contribution in [2.45, 2.75) is 44.4 Å². The second kappa shape index (κ2) is 6.85. The Bertz CT molecular complexity index is 330. The molecule has 1 amide bonds. The zero-order chi connectivity index (χ0) is 14.6. The van der Waals surface area contributed by atoms with Crippen molar-refractivity contribution < 1.29 is 14.6 Å². The summed E-state index contributed by atoms with van der Waals surface area (Å²) in [6.45, 7) is 7.86. The van der Waals surface area contributed by atoms with Gasteiger partial charge in [-0.25, -0.2) is 0 Å². The number of aliphatic hydroxyl groups is 1. The molecular formula is C14H27N3O3. The highest BCUT2D eigenvalue weighted by Crippen LogP contribution is 2.21. The Morgan fingerprint density at radius 3 is 2.85 bits per heavy atom. The van der Waals surface area contributed by atoms with Gasteiger partial charge in [-0.2, -0.15) is 0 Å². The van der Waals surface area contributed by atoms with Gasteiger partial charge >= 0.3 is 0 Å². The average Bonchev–Trinajstić information content (AvgIpc) is 2.38. The second-order valence-corrected chi connectivity index (χ2v) is 6.20. The minimum atomic E-state index is -0.682. The number of morpholine rings is 1. The van der Waals surface area contributed by atoms with Gasteiger partial charge in [0.05, 0.1) is 18.8 Å². The van der Waals surface area contributed by atoms with Crippen molar-refractivity contribution in [1.29, 1.82) is 0 Å². The highest BCUT2D eigenvalue weighted by molar-refractivity contribution is 5.82. The highest BCUT2D eigenvalue weighted by atomic mass is 16.5. The van der Waals surface area contributed by atoms with Crippen molar-refractivity contribution in [3.63, 3.8) is 0 Å². The van der Waals surface area contributed by atoms with Crippen molar-refractivity contribution in [2.24, 2.45) is 0 Å². The zero-order valence-corrected chi connectivity index (χ0v) is 12.5. The van der Waals surface area contributed by atoms with Gasteiger partial charge in [-0.05, 0) is 39.8 Å². The van der Waals surface area contributed by atoms with Crippen LogP contribution in [0.5, 0.6) is 0 Å². The average molecular weight is 285 g/mol. The maximum absolute atomic E-state index is 12.2. The van der Waals surface area contributed by atoms with E-state index in [0.29, 0.717) is 26.3 Å². The molecule has 2 heterocycles. The lowest BCUT2D eigenvalue weighted by Crippen LogP contribution is -2.59. The number of β-amino-alcohol motifs (C(OH)–C–C–N with tert-alkyl or cyclic N) is 1. The zero-order valence-electron chi connectivity index (χ0n) is 12.5. The number of nitrogens with zero attached hydrogens (tertiary/aromatic N) is 1. The molecule has 6 nitrogen and oxygen atoms in total. The Morgan fingerprint density at radius 1 is 1.50 bits per heavy atom. The van der Waals surface area contributed by atoms with Gasteiger partial charge in [0, 0.05) is 19.1 Å². The molecule has 2 fully saturated rings. The summed E-state index contributed by atoms with van der Waals surface area (Å²) >= 11 is 0. The maximum Gasteiger partial charge on any atom is 0.239 e. The fourth-order valence-electron chi connectivity index (χ4n) is 2.88. The van der Waals surface area contributed by atoms with E-state index in [0.717, 1.165) is 25.9 Å². The summed E-state index contributed by atoms with van der Waals surface area (Å²) in [5.41, 5.74) is -0.682. The van der Waals surface area contributed by atoms with Crippen LogP contribution in [-0.2, 0) is 9.53 Å². The molecule has 20 heavy (non-hydrogen) atoms. The summed E-state index contributed by atoms with van der Waals surface area (Å²) < 4.78 is 5.44. The van der Waals surface area contributed by atoms with E-state index in [9.17, 15) is 9.90 Å². The first kappa shape index (κ1) is 15.7. The number of hydrogen-bond acceptors (Lipinski definition) is 5. The number of amides is 1. The van der Waals surface area contributed by atoms with Gasteiger partial charge in [-0.15, -0.1) is 0 Å². The molecule has 116 valence electrons. The summed E-state index contributed by atoms with van der Waals surface area (Å²) in [5, 5.41) is 16.8. The number of carbonyl (C=O) groups excluding carboxylic acids is 1. The summed E-state index contributed by atoms with van der Waals surface area (Å²) in [5.74, 6) is -0.00256. The number of carbonyl (C=O) groups is 1. The fraction of sp³-hybridized carbons (Fsp3) is 0.929. The predicted molar refractivity (Wildman–Crippen MR) is 76.5 cm³/mol. The number of ether oxygens (including phenoxy) is 1. The summed E-state index contributed by atoms with van der Waals surface area (Å²) in [6.07, 6.45) is 1.48. The van der Waals surface area contributed by atoms with Gasteiger partial charge in [0.15, 0.2) is 0 Å². The molecule has 1 unspecified atom stereocenters. The molecule has 0 aromatic rings. The van der Waals surface area contributed by atoms with Gasteiger partial charge in [0.2, 0.25) is 5.91 Å². The molecule has 2 aliphatic rings. The van der Waals surface area contributed by atoms with Crippen molar-refractivity contribution in [2.75, 3.05) is 39.4 Å². The van der Waals surface area contributed by atoms with Crippen molar-refractivity contribution in [3.8, 4) is 0 Å². The third-order valence-electron chi connectivity index (χ3n) is 4.00. The van der Waals surface area contributed by atoms with E-state index in [4.69, 9.17) is 4.74 Å². The third-order valence-corrected chi connectivity index (χ3v) is 4.00. The van der Waals surface area contributed by atoms with Crippen LogP contribution in [0, 0.1) is 0 Å². The second-order valence-electron chi connectivity index (χ2n) is 6.20. The predicted octanol–water partition coefficient (Wildman–Crippen LogP) is -0.674. The number of piperidine rings is 1. The minimum Gasteiger partial charge on any atom is -0.388 e. The van der Waals surface area contributed by atoms with E-state index >= 15 is 0 Å². The van der Waals surface area contributed by atoms with Crippen LogP contribution in [0.25, 0.3) is 0 Å². The van der Waals surface area contributed by atoms with Crippen LogP contribution in [-0.4, -0.2) is 73.0 Å². The summed E-state index contributed by atoms with van der Waals surface area (Å²) in [7, 11) is 0. The van der Waals surface area contributed by atoms with E-state index in [1.165, 1.54) is 0 Å². The Hall–Kier alpha value is -0.690. The molecule has 0 aromatic heterocycles. The lowest BCUT2D eigenvalue weighted by Gasteiger charge is -2.42. The molecule has 1 atom stereocenters. The normalized spacial score (nSPS) is 27.5. The van der Waals surface area contributed by atoms with Crippen LogP contribution in [0.2, 0.25) is 0 Å². The molecule has 0 spiro atoms. The SMILES string of the molecule is CC(C)NC(=O)C1COCCN1CC1(O)CCNCC1. The maximum atomic E-state index is 12.2. The van der Waals surface area contributed by atoms with Crippen molar-refractivity contribution in [3.05, 3.63) is 0 Å². The Balaban J connectivity index is 1.97. The van der Waals surface area contributed by atoms with Crippen molar-refractivity contribution in [1.82, 2.24) is 15.5 Å². The Morgan fingerprint density at radius 2 is 2.20 bits per heavy atom. The van der Waals surface area contributed by atoms with E-state index in [1.54, 1.807) is 0 Å². The van der Waals surface area contributed by atoms with Crippen LogP contribution >= 0.6 is 0 Å². The first-order valence-electron chi connectivity index (χ1n) is 7.55. The standard InChI is InChI=1S/C14H27N3O3/c1-11(2)16-13(18)12-9-20-8-7-17(12)10-14(19)3-5-15-6-4-14/h11-12,15,19H,3-10H2,1-2H3,(H,16,18). The molecule has 6 heteroatoms. The van der Waals surface area contributed by atoms with Crippen LogP contribution < -0.4 is 10.6 Å². The molecule has 0 aliphatic carbocycles. The van der Waals surface area contributed by atoms with Gasteiger partial charge in [-0.1, -0.05) is 0 Å². The lowest BCUT2D eigenvalue weighted by molar-refractivity contribution is -0.136. The van der Waals surface area contributed by atoms with Crippen LogP contribution in [0.3, 0.4) is 0 Å². The summed E-state index contributed by atoms with van der Waals surface area (Å²) in [6, 6.07) is -0.168. The monoisotopic (exact) mass is 285 g/mol. The molecule has 0 aromatic carbocycles. The van der Waals surface area contributed by atoms with E-state index in [1.807, 2.05) is 13.8 Å². The Labute approximate surface area is 120 Å².